The van der Waals surface area contributed by atoms with Crippen LogP contribution in [-0.4, -0.2) is 43.6 Å². The van der Waals surface area contributed by atoms with Gasteiger partial charge in [-0.15, -0.1) is 0 Å². The van der Waals surface area contributed by atoms with Gasteiger partial charge in [-0.2, -0.15) is 10.2 Å². The van der Waals surface area contributed by atoms with E-state index in [1.54, 1.807) is 0 Å². The first kappa shape index (κ1) is 42.0. The van der Waals surface area contributed by atoms with Gasteiger partial charge in [-0.1, -0.05) is 57.9 Å². The van der Waals surface area contributed by atoms with Crippen LogP contribution < -0.4 is 22.1 Å². The Balaban J connectivity index is 1.30. The minimum atomic E-state index is 0.482. The first-order valence-corrected chi connectivity index (χ1v) is 20.9. The Kier molecular flexibility index (Phi) is 12.4. The van der Waals surface area contributed by atoms with Crippen LogP contribution in [0, 0.1) is 13.8 Å². The number of nitrogens with two attached hydrogens (primary N) is 2. The number of rotatable bonds is 19. The highest BCUT2D eigenvalue weighted by Crippen LogP contribution is 2.32. The molecule has 0 radical (unpaired) electrons. The summed E-state index contributed by atoms with van der Waals surface area (Å²) < 4.78 is 8.30. The second-order valence-electron chi connectivity index (χ2n) is 15.4. The van der Waals surface area contributed by atoms with Crippen LogP contribution in [0.4, 0.5) is 11.9 Å². The molecule has 0 fully saturated rings. The largest absolute Gasteiger partial charge is 0.399 e. The number of benzene rings is 2. The van der Waals surface area contributed by atoms with Crippen molar-refractivity contribution in [1.29, 1.82) is 0 Å². The van der Waals surface area contributed by atoms with Crippen molar-refractivity contribution >= 4 is 56.8 Å². The molecule has 7 aromatic rings. The third kappa shape index (κ3) is 8.91. The lowest BCUT2D eigenvalue weighted by atomic mass is 10.0. The molecule has 13 nitrogen and oxygen atoms in total. The van der Waals surface area contributed by atoms with Gasteiger partial charge in [-0.3, -0.25) is 14.3 Å². The van der Waals surface area contributed by atoms with Crippen molar-refractivity contribution < 1.29 is 0 Å². The maximum absolute atomic E-state index is 6.32. The molecule has 5 heterocycles. The van der Waals surface area contributed by atoms with Crippen molar-refractivity contribution in [3.05, 3.63) is 150 Å². The van der Waals surface area contributed by atoms with Gasteiger partial charge in [-0.25, -0.2) is 9.97 Å². The van der Waals surface area contributed by atoms with E-state index in [9.17, 15) is 0 Å². The highest BCUT2D eigenvalue weighted by atomic mass is 15.3. The van der Waals surface area contributed by atoms with E-state index in [2.05, 4.69) is 112 Å². The van der Waals surface area contributed by atoms with Gasteiger partial charge >= 0.3 is 0 Å². The summed E-state index contributed by atoms with van der Waals surface area (Å²) in [6.07, 6.45) is 9.44. The number of aromatic nitrogens is 9. The highest BCUT2D eigenvalue weighted by molar-refractivity contribution is 5.89. The second kappa shape index (κ2) is 18.0. The number of allylic oxidation sites excluding steroid dienone is 2. The predicted octanol–water partition coefficient (Wildman–Crippen LogP) is 8.85. The molecule has 0 saturated carbocycles. The molecule has 0 spiro atoms. The Morgan fingerprint density at radius 3 is 1.57 bits per heavy atom. The summed E-state index contributed by atoms with van der Waals surface area (Å²) >= 11 is 0. The van der Waals surface area contributed by atoms with Crippen LogP contribution in [-0.2, 0) is 45.4 Å². The normalized spacial score (nSPS) is 11.6. The van der Waals surface area contributed by atoms with Crippen LogP contribution >= 0.6 is 0 Å². The monoisotopic (exact) mass is 815 g/mol. The maximum atomic E-state index is 6.32. The molecule has 5 aromatic heterocycles. The summed E-state index contributed by atoms with van der Waals surface area (Å²) in [6, 6.07) is 18.3. The van der Waals surface area contributed by atoms with E-state index >= 15 is 0 Å². The molecule has 0 aliphatic heterocycles. The van der Waals surface area contributed by atoms with Gasteiger partial charge in [-0.05, 0) is 118 Å². The lowest BCUT2D eigenvalue weighted by Gasteiger charge is -2.15. The highest BCUT2D eigenvalue weighted by Gasteiger charge is 2.20. The van der Waals surface area contributed by atoms with Gasteiger partial charge in [0.05, 0.1) is 56.2 Å². The molecule has 7 rings (SSSR count). The van der Waals surface area contributed by atoms with E-state index in [-0.39, 0.29) is 0 Å². The number of pyridine rings is 1. The van der Waals surface area contributed by atoms with E-state index in [1.165, 1.54) is 0 Å². The second-order valence-corrected chi connectivity index (χ2v) is 15.4. The minimum absolute atomic E-state index is 0.482. The standard InChI is InChI=1S/C48H57N13/c1-10-17-36-26-38(32(6)49)28-41-45(36)58(47(54-41)52-34(8)43-24-30(4)56-60(43)11-2)22-15-16-23-59-46-37(19-20-40-18-13-14-21-51-40)27-39(33(7)50)29-42(46)55-48(59)53-35(9)44-25-31(5)57-61(44)12-3/h13-16,18,21,24-29H,6-12,17,19-20,22-23,49-50H2,1-5H3,(H,52,54)(H,53,55)/b16-15+. The van der Waals surface area contributed by atoms with Crippen LogP contribution in [0.3, 0.4) is 0 Å². The van der Waals surface area contributed by atoms with Crippen molar-refractivity contribution in [2.45, 2.75) is 86.5 Å². The van der Waals surface area contributed by atoms with Crippen molar-refractivity contribution in [3.8, 4) is 0 Å². The first-order chi connectivity index (χ1) is 29.4. The molecule has 0 unspecified atom stereocenters. The average Bonchev–Trinajstić information content (AvgIpc) is 4.01. The van der Waals surface area contributed by atoms with Crippen molar-refractivity contribution in [1.82, 2.24) is 43.6 Å². The number of nitrogens with one attached hydrogen (secondary N) is 2. The van der Waals surface area contributed by atoms with Gasteiger partial charge in [0.2, 0.25) is 11.9 Å². The fourth-order valence-electron chi connectivity index (χ4n) is 7.90. The van der Waals surface area contributed by atoms with Crippen molar-refractivity contribution in [2.75, 3.05) is 10.6 Å². The van der Waals surface area contributed by atoms with Crippen LogP contribution in [0.15, 0.2) is 99.3 Å². The van der Waals surface area contributed by atoms with Crippen LogP contribution in [0.1, 0.15) is 77.9 Å². The topological polar surface area (TPSA) is 160 Å². The number of hydrogen-bond donors (Lipinski definition) is 4. The average molecular weight is 816 g/mol. The fraction of sp³-hybridized carbons (Fsp3) is 0.271. The quantitative estimate of drug-likeness (QED) is 0.0585. The van der Waals surface area contributed by atoms with Gasteiger partial charge in [0.1, 0.15) is 0 Å². The number of fused-ring (bicyclic) bond motifs is 2. The van der Waals surface area contributed by atoms with E-state index < -0.39 is 0 Å². The van der Waals surface area contributed by atoms with Gasteiger partial charge in [0.25, 0.3) is 0 Å². The Hall–Kier alpha value is -7.15. The molecule has 6 N–H and O–H groups in total. The van der Waals surface area contributed by atoms with E-state index in [0.717, 1.165) is 98.5 Å². The number of aryl methyl sites for hydroxylation is 7. The number of anilines is 2. The minimum Gasteiger partial charge on any atom is -0.399 e. The Bertz CT molecular complexity index is 2810. The van der Waals surface area contributed by atoms with Crippen LogP contribution in [0.25, 0.3) is 44.9 Å². The molecule has 0 atom stereocenters. The maximum Gasteiger partial charge on any atom is 0.208 e. The number of nitrogens with zero attached hydrogens (tertiary/aromatic N) is 9. The number of hydrogen-bond acceptors (Lipinski definition) is 9. The zero-order valence-electron chi connectivity index (χ0n) is 36.1. The molecule has 61 heavy (non-hydrogen) atoms. The van der Waals surface area contributed by atoms with Gasteiger partial charge < -0.3 is 31.2 Å². The summed E-state index contributed by atoms with van der Waals surface area (Å²) in [6.45, 7) is 29.7. The van der Waals surface area contributed by atoms with E-state index in [1.807, 2.05) is 65.8 Å². The molecule has 2 aromatic carbocycles. The van der Waals surface area contributed by atoms with Crippen molar-refractivity contribution in [3.63, 3.8) is 0 Å². The zero-order valence-corrected chi connectivity index (χ0v) is 36.1. The molecule has 0 bridgehead atoms. The molecular formula is C48H57N13. The lowest BCUT2D eigenvalue weighted by molar-refractivity contribution is 0.645. The summed E-state index contributed by atoms with van der Waals surface area (Å²) in [5.41, 5.74) is 27.2. The SMILES string of the molecule is C=C(N)c1cc(CCC)c2c(c1)nc(NC(=C)c1cc(C)nn1CC)n2C/C=C/Cn1c(NC(=C)c2cc(C)nn2CC)nc2cc(C(=C)N)cc(CCc3ccccn3)c21. The zero-order chi connectivity index (χ0) is 43.4. The van der Waals surface area contributed by atoms with E-state index in [4.69, 9.17) is 21.4 Å². The summed E-state index contributed by atoms with van der Waals surface area (Å²) in [4.78, 5) is 14.9. The fourth-order valence-corrected chi connectivity index (χ4v) is 7.90. The van der Waals surface area contributed by atoms with Gasteiger partial charge in [0.15, 0.2) is 0 Å². The predicted molar refractivity (Wildman–Crippen MR) is 251 cm³/mol. The lowest BCUT2D eigenvalue weighted by Crippen LogP contribution is -2.11. The van der Waals surface area contributed by atoms with Crippen LogP contribution in [0.5, 0.6) is 0 Å². The molecule has 13 heteroatoms. The molecular weight excluding hydrogens is 759 g/mol. The van der Waals surface area contributed by atoms with Crippen molar-refractivity contribution in [2.24, 2.45) is 11.5 Å². The molecule has 0 amide bonds. The summed E-state index contributed by atoms with van der Waals surface area (Å²) in [5.74, 6) is 1.32. The number of imidazole rings is 2. The molecule has 0 saturated heterocycles. The molecule has 0 aliphatic rings. The summed E-state index contributed by atoms with van der Waals surface area (Å²) in [5, 5.41) is 16.4. The molecule has 0 aliphatic carbocycles. The van der Waals surface area contributed by atoms with Gasteiger partial charge in [0, 0.05) is 49.5 Å². The van der Waals surface area contributed by atoms with Crippen LogP contribution in [0.2, 0.25) is 0 Å². The Morgan fingerprint density at radius 2 is 1.15 bits per heavy atom. The van der Waals surface area contributed by atoms with E-state index in [0.29, 0.717) is 60.9 Å². The third-order valence-electron chi connectivity index (χ3n) is 10.8. The smallest absolute Gasteiger partial charge is 0.208 e. The first-order valence-electron chi connectivity index (χ1n) is 20.9. The third-order valence-corrected chi connectivity index (χ3v) is 10.8. The Labute approximate surface area is 357 Å². The summed E-state index contributed by atoms with van der Waals surface area (Å²) in [7, 11) is 0. The Morgan fingerprint density at radius 1 is 0.656 bits per heavy atom. The molecule has 314 valence electrons.